The fourth-order valence-corrected chi connectivity index (χ4v) is 2.79. The van der Waals surface area contributed by atoms with E-state index in [2.05, 4.69) is 70.7 Å². The average Bonchev–Trinajstić information content (AvgIpc) is 2.89. The zero-order chi connectivity index (χ0) is 13.7. The number of nitrogens with zero attached hydrogens (tertiary/aromatic N) is 1. The van der Waals surface area contributed by atoms with Crippen LogP contribution in [-0.2, 0) is 0 Å². The lowest BCUT2D eigenvalue weighted by atomic mass is 9.98. The predicted octanol–water partition coefficient (Wildman–Crippen LogP) is 5.37. The molecule has 3 heteroatoms. The van der Waals surface area contributed by atoms with Gasteiger partial charge in [0.15, 0.2) is 0 Å². The highest BCUT2D eigenvalue weighted by Gasteiger charge is 2.13. The van der Waals surface area contributed by atoms with Crippen LogP contribution in [0.15, 0.2) is 30.5 Å². The van der Waals surface area contributed by atoms with E-state index in [0.29, 0.717) is 5.92 Å². The van der Waals surface area contributed by atoms with Crippen molar-refractivity contribution in [3.05, 3.63) is 39.9 Å². The normalized spacial score (nSPS) is 11.2. The molecule has 0 spiro atoms. The molecule has 0 aliphatic carbocycles. The lowest BCUT2D eigenvalue weighted by molar-refractivity contribution is 0.538. The van der Waals surface area contributed by atoms with Crippen LogP contribution >= 0.6 is 22.6 Å². The van der Waals surface area contributed by atoms with Crippen molar-refractivity contribution in [1.29, 1.82) is 0 Å². The molecule has 0 fully saturated rings. The molecule has 0 atom stereocenters. The molecule has 0 saturated heterocycles. The van der Waals surface area contributed by atoms with E-state index in [1.54, 1.807) is 0 Å². The van der Waals surface area contributed by atoms with Gasteiger partial charge in [0.05, 0.1) is 11.9 Å². The monoisotopic (exact) mass is 364 g/mol. The van der Waals surface area contributed by atoms with Gasteiger partial charge in [-0.2, -0.15) is 0 Å². The lowest BCUT2D eigenvalue weighted by Crippen LogP contribution is -2.00. The van der Waals surface area contributed by atoms with Crippen LogP contribution in [0.1, 0.15) is 51.3 Å². The van der Waals surface area contributed by atoms with Crippen LogP contribution in [0.4, 0.5) is 0 Å². The van der Waals surface area contributed by atoms with E-state index >= 15 is 0 Å². The third-order valence-electron chi connectivity index (χ3n) is 3.41. The van der Waals surface area contributed by atoms with Gasteiger partial charge in [0.25, 0.3) is 0 Å². The summed E-state index contributed by atoms with van der Waals surface area (Å²) in [6.45, 7) is 4.48. The van der Waals surface area contributed by atoms with E-state index in [0.717, 1.165) is 11.5 Å². The second-order valence-electron chi connectivity index (χ2n) is 4.96. The molecule has 1 aromatic carbocycles. The Labute approximate surface area is 129 Å². The number of hydrogen-bond donors (Lipinski definition) is 1. The Morgan fingerprint density at radius 3 is 2.32 bits per heavy atom. The predicted molar refractivity (Wildman–Crippen MR) is 89.3 cm³/mol. The number of halogens is 1. The van der Waals surface area contributed by atoms with Gasteiger partial charge in [-0.3, -0.25) is 0 Å². The Bertz CT molecular complexity index is 496. The van der Waals surface area contributed by atoms with Gasteiger partial charge in [0.1, 0.15) is 5.82 Å². The van der Waals surface area contributed by atoms with Crippen molar-refractivity contribution in [2.45, 2.75) is 45.4 Å². The molecule has 1 heterocycles. The van der Waals surface area contributed by atoms with Gasteiger partial charge >= 0.3 is 0 Å². The minimum Gasteiger partial charge on any atom is -0.342 e. The van der Waals surface area contributed by atoms with Crippen LogP contribution in [0.5, 0.6) is 0 Å². The summed E-state index contributed by atoms with van der Waals surface area (Å²) in [5.74, 6) is 1.73. The summed E-state index contributed by atoms with van der Waals surface area (Å²) in [4.78, 5) is 8.10. The van der Waals surface area contributed by atoms with Crippen LogP contribution < -0.4 is 0 Å². The molecule has 0 unspecified atom stereocenters. The van der Waals surface area contributed by atoms with E-state index in [1.807, 2.05) is 6.20 Å². The molecule has 0 amide bonds. The molecule has 0 aliphatic heterocycles. The Hall–Kier alpha value is -0.840. The minimum absolute atomic E-state index is 0.576. The number of imidazole rings is 1. The Balaban J connectivity index is 2.19. The quantitative estimate of drug-likeness (QED) is 0.687. The minimum atomic E-state index is 0.576. The summed E-state index contributed by atoms with van der Waals surface area (Å²) in [6.07, 6.45) is 6.82. The molecule has 0 radical (unpaired) electrons. The number of hydrogen-bond acceptors (Lipinski definition) is 1. The molecule has 19 heavy (non-hydrogen) atoms. The van der Waals surface area contributed by atoms with Crippen molar-refractivity contribution in [3.8, 4) is 11.3 Å². The smallest absolute Gasteiger partial charge is 0.109 e. The van der Waals surface area contributed by atoms with Crippen molar-refractivity contribution in [1.82, 2.24) is 9.97 Å². The largest absolute Gasteiger partial charge is 0.342 e. The first-order chi connectivity index (χ1) is 9.24. The van der Waals surface area contributed by atoms with Crippen LogP contribution in [-0.4, -0.2) is 9.97 Å². The summed E-state index contributed by atoms with van der Waals surface area (Å²) in [7, 11) is 0. The highest BCUT2D eigenvalue weighted by atomic mass is 123. The fraction of sp³-hybridized carbons (Fsp3) is 0.438. The number of rotatable bonds is 6. The van der Waals surface area contributed by atoms with Crippen molar-refractivity contribution >= 4 is 22.6 Å². The zero-order valence-electron chi connectivity index (χ0n) is 11.6. The van der Waals surface area contributed by atoms with Crippen molar-refractivity contribution in [3.63, 3.8) is 0 Å². The second kappa shape index (κ2) is 7.08. The van der Waals surface area contributed by atoms with E-state index in [-0.39, 0.29) is 0 Å². The first-order valence-corrected chi connectivity index (χ1v) is 8.13. The Morgan fingerprint density at radius 2 is 1.74 bits per heavy atom. The third kappa shape index (κ3) is 3.81. The van der Waals surface area contributed by atoms with Gasteiger partial charge in [-0.1, -0.05) is 38.8 Å². The van der Waals surface area contributed by atoms with Crippen LogP contribution in [0, 0.1) is 3.57 Å². The number of H-pyrrole nitrogens is 1. The summed E-state index contributed by atoms with van der Waals surface area (Å²) in [5, 5.41) is 0. The fourth-order valence-electron chi connectivity index (χ4n) is 2.43. The standard InChI is InChI=1S/C16H21IN2/c1-3-5-13(6-4-2)16-18-11-15(19-16)12-7-9-14(17)10-8-12/h7-11,13H,3-6H2,1-2H3,(H,18,19)/i17-4. The first kappa shape index (κ1) is 14.6. The van der Waals surface area contributed by atoms with Gasteiger partial charge in [-0.05, 0) is 53.1 Å². The molecule has 0 bridgehead atoms. The van der Waals surface area contributed by atoms with Crippen LogP contribution in [0.25, 0.3) is 11.3 Å². The van der Waals surface area contributed by atoms with Gasteiger partial charge in [-0.15, -0.1) is 0 Å². The molecule has 2 rings (SSSR count). The van der Waals surface area contributed by atoms with Crippen molar-refractivity contribution < 1.29 is 0 Å². The Morgan fingerprint density at radius 1 is 1.11 bits per heavy atom. The van der Waals surface area contributed by atoms with Gasteiger partial charge in [0.2, 0.25) is 0 Å². The molecule has 102 valence electrons. The zero-order valence-corrected chi connectivity index (χ0v) is 13.8. The van der Waals surface area contributed by atoms with Crippen LogP contribution in [0.2, 0.25) is 0 Å². The highest BCUT2D eigenvalue weighted by Crippen LogP contribution is 2.26. The number of aromatic amines is 1. The maximum atomic E-state index is 4.60. The summed E-state index contributed by atoms with van der Waals surface area (Å²) < 4.78 is 1.26. The van der Waals surface area contributed by atoms with Gasteiger partial charge < -0.3 is 4.98 Å². The number of aromatic nitrogens is 2. The summed E-state index contributed by atoms with van der Waals surface area (Å²) in [6, 6.07) is 8.55. The van der Waals surface area contributed by atoms with E-state index < -0.39 is 0 Å². The molecular weight excluding hydrogens is 343 g/mol. The van der Waals surface area contributed by atoms with E-state index in [9.17, 15) is 0 Å². The van der Waals surface area contributed by atoms with Crippen molar-refractivity contribution in [2.24, 2.45) is 0 Å². The molecule has 0 aliphatic rings. The maximum Gasteiger partial charge on any atom is 0.109 e. The van der Waals surface area contributed by atoms with Gasteiger partial charge in [-0.25, -0.2) is 4.98 Å². The molecular formula is C16H21IN2. The molecule has 1 aromatic heterocycles. The SMILES string of the molecule is CCCC(CCC)c1ncc(-c2ccc([123I])cc2)[nH]1. The maximum absolute atomic E-state index is 4.60. The average molecular weight is 364 g/mol. The number of benzene rings is 1. The number of nitrogens with one attached hydrogen (secondary N) is 1. The van der Waals surface area contributed by atoms with Gasteiger partial charge in [0, 0.05) is 9.49 Å². The first-order valence-electron chi connectivity index (χ1n) is 7.05. The lowest BCUT2D eigenvalue weighted by Gasteiger charge is -2.11. The van der Waals surface area contributed by atoms with E-state index in [1.165, 1.54) is 34.8 Å². The second-order valence-corrected chi connectivity index (χ2v) is 6.21. The summed E-state index contributed by atoms with van der Waals surface area (Å²) >= 11 is 2.33. The van der Waals surface area contributed by atoms with Crippen molar-refractivity contribution in [2.75, 3.05) is 0 Å². The highest BCUT2D eigenvalue weighted by molar-refractivity contribution is 14.1. The topological polar surface area (TPSA) is 28.7 Å². The molecule has 2 aromatic rings. The van der Waals surface area contributed by atoms with E-state index in [4.69, 9.17) is 0 Å². The van der Waals surface area contributed by atoms with Crippen LogP contribution in [0.3, 0.4) is 0 Å². The molecule has 2 nitrogen and oxygen atoms in total. The third-order valence-corrected chi connectivity index (χ3v) is 4.13. The summed E-state index contributed by atoms with van der Waals surface area (Å²) in [5.41, 5.74) is 2.34. The molecule has 0 saturated carbocycles. The molecule has 1 N–H and O–H groups in total. The Kier molecular flexibility index (Phi) is 5.43.